The van der Waals surface area contributed by atoms with Gasteiger partial charge in [0, 0.05) is 16.1 Å². The highest BCUT2D eigenvalue weighted by Gasteiger charge is 2.33. The van der Waals surface area contributed by atoms with Crippen LogP contribution in [0, 0.1) is 0 Å². The summed E-state index contributed by atoms with van der Waals surface area (Å²) in [5.74, 6) is 0.766. The van der Waals surface area contributed by atoms with E-state index in [0.717, 1.165) is 21.8 Å². The molecule has 1 aliphatic rings. The van der Waals surface area contributed by atoms with Crippen LogP contribution in [0.25, 0.3) is 11.1 Å². The number of carbonyl (C=O) groups is 2. The normalized spacial score (nSPS) is 15.4. The van der Waals surface area contributed by atoms with Crippen molar-refractivity contribution in [2.75, 3.05) is 24.0 Å². The number of anilines is 2. The highest BCUT2D eigenvalue weighted by atomic mass is 32.2. The van der Waals surface area contributed by atoms with Crippen molar-refractivity contribution >= 4 is 35.1 Å². The molecule has 7 nitrogen and oxygen atoms in total. The summed E-state index contributed by atoms with van der Waals surface area (Å²) in [4.78, 5) is 26.3. The average molecular weight is 408 g/mol. The van der Waals surface area contributed by atoms with Crippen molar-refractivity contribution in [2.45, 2.75) is 17.4 Å². The molecule has 148 valence electrons. The van der Waals surface area contributed by atoms with Crippen molar-refractivity contribution in [2.24, 2.45) is 0 Å². The van der Waals surface area contributed by atoms with E-state index in [1.807, 2.05) is 54.8 Å². The number of rotatable bonds is 5. The van der Waals surface area contributed by atoms with Crippen LogP contribution in [0.3, 0.4) is 0 Å². The third kappa shape index (κ3) is 3.84. The largest absolute Gasteiger partial charge is 0.497 e. The number of hydrogen-bond donors (Lipinski definition) is 2. The maximum absolute atomic E-state index is 12.9. The van der Waals surface area contributed by atoms with Gasteiger partial charge in [-0.15, -0.1) is 11.8 Å². The van der Waals surface area contributed by atoms with Crippen LogP contribution in [0.4, 0.5) is 11.5 Å². The Morgan fingerprint density at radius 3 is 2.79 bits per heavy atom. The van der Waals surface area contributed by atoms with E-state index < -0.39 is 6.04 Å². The Morgan fingerprint density at radius 2 is 2.07 bits per heavy atom. The predicted molar refractivity (Wildman–Crippen MR) is 113 cm³/mol. The number of benzene rings is 2. The second kappa shape index (κ2) is 8.00. The Labute approximate surface area is 172 Å². The summed E-state index contributed by atoms with van der Waals surface area (Å²) in [6.07, 6.45) is 3.67. The third-order valence-corrected chi connectivity index (χ3v) is 5.49. The molecule has 1 unspecified atom stereocenters. The van der Waals surface area contributed by atoms with Gasteiger partial charge < -0.3 is 15.4 Å². The first-order valence-electron chi connectivity index (χ1n) is 9.05. The van der Waals surface area contributed by atoms with Gasteiger partial charge in [0.15, 0.2) is 0 Å². The van der Waals surface area contributed by atoms with Gasteiger partial charge in [-0.2, -0.15) is 5.10 Å². The van der Waals surface area contributed by atoms with E-state index in [1.165, 1.54) is 0 Å². The summed E-state index contributed by atoms with van der Waals surface area (Å²) in [6, 6.07) is 14.3. The highest BCUT2D eigenvalue weighted by molar-refractivity contribution is 7.98. The molecule has 2 amide bonds. The summed E-state index contributed by atoms with van der Waals surface area (Å²) in [5.41, 5.74) is 2.32. The lowest BCUT2D eigenvalue weighted by atomic mass is 10.1. The zero-order chi connectivity index (χ0) is 20.4. The first-order valence-corrected chi connectivity index (χ1v) is 10.3. The van der Waals surface area contributed by atoms with E-state index in [-0.39, 0.29) is 18.2 Å². The molecule has 2 heterocycles. The fourth-order valence-electron chi connectivity index (χ4n) is 3.28. The minimum Gasteiger partial charge on any atom is -0.497 e. The second-order valence-electron chi connectivity index (χ2n) is 6.57. The van der Waals surface area contributed by atoms with Crippen molar-refractivity contribution in [3.63, 3.8) is 0 Å². The summed E-state index contributed by atoms with van der Waals surface area (Å²) < 4.78 is 6.77. The second-order valence-corrected chi connectivity index (χ2v) is 7.45. The standard InChI is InChI=1S/C21H20N4O3S/c1-28-15-8-6-13(7-9-15)17-12-22-25-18(11-19(26)24-20(17)25)21(27)23-14-4-3-5-16(10-14)29-2/h3-10,12,18H,11H2,1-2H3,(H,23,27)(H,24,26). The summed E-state index contributed by atoms with van der Waals surface area (Å²) in [6.45, 7) is 0. The molecule has 2 aromatic carbocycles. The number of amides is 2. The SMILES string of the molecule is COc1ccc(-c2cnn3c2NC(=O)CC3C(=O)Nc2cccc(SC)c2)cc1. The number of nitrogens with zero attached hydrogens (tertiary/aromatic N) is 2. The molecule has 0 bridgehead atoms. The molecule has 0 aliphatic carbocycles. The minimum atomic E-state index is -0.719. The van der Waals surface area contributed by atoms with Crippen molar-refractivity contribution < 1.29 is 14.3 Å². The van der Waals surface area contributed by atoms with E-state index in [9.17, 15) is 9.59 Å². The number of hydrogen-bond acceptors (Lipinski definition) is 5. The van der Waals surface area contributed by atoms with E-state index in [1.54, 1.807) is 29.8 Å². The number of thioether (sulfide) groups is 1. The van der Waals surface area contributed by atoms with Crippen molar-refractivity contribution in [1.82, 2.24) is 9.78 Å². The van der Waals surface area contributed by atoms with Crippen LogP contribution in [0.5, 0.6) is 5.75 Å². The first-order chi connectivity index (χ1) is 14.1. The Morgan fingerprint density at radius 1 is 1.28 bits per heavy atom. The molecule has 3 aromatic rings. The number of fused-ring (bicyclic) bond motifs is 1. The molecule has 0 spiro atoms. The van der Waals surface area contributed by atoms with Gasteiger partial charge in [0.1, 0.15) is 17.6 Å². The lowest BCUT2D eigenvalue weighted by Gasteiger charge is -2.24. The quantitative estimate of drug-likeness (QED) is 0.627. The molecular formula is C21H20N4O3S. The monoisotopic (exact) mass is 408 g/mol. The van der Waals surface area contributed by atoms with Crippen LogP contribution < -0.4 is 15.4 Å². The van der Waals surface area contributed by atoms with Gasteiger partial charge in [0.05, 0.1) is 19.7 Å². The first kappa shape index (κ1) is 19.1. The van der Waals surface area contributed by atoms with Crippen LogP contribution in [0.2, 0.25) is 0 Å². The summed E-state index contributed by atoms with van der Waals surface area (Å²) in [7, 11) is 1.61. The van der Waals surface area contributed by atoms with E-state index in [2.05, 4.69) is 15.7 Å². The summed E-state index contributed by atoms with van der Waals surface area (Å²) in [5, 5.41) is 10.1. The zero-order valence-electron chi connectivity index (χ0n) is 16.0. The van der Waals surface area contributed by atoms with Gasteiger partial charge in [-0.05, 0) is 42.2 Å². The maximum Gasteiger partial charge on any atom is 0.249 e. The van der Waals surface area contributed by atoms with Gasteiger partial charge in [0.25, 0.3) is 0 Å². The lowest BCUT2D eigenvalue weighted by molar-refractivity contribution is -0.125. The number of methoxy groups -OCH3 is 1. The van der Waals surface area contributed by atoms with Gasteiger partial charge in [0.2, 0.25) is 11.8 Å². The Kier molecular flexibility index (Phi) is 5.26. The van der Waals surface area contributed by atoms with Crippen LogP contribution >= 0.6 is 11.8 Å². The molecule has 1 atom stereocenters. The van der Waals surface area contributed by atoms with Crippen LogP contribution in [0.1, 0.15) is 12.5 Å². The predicted octanol–water partition coefficient (Wildman–Crippen LogP) is 3.80. The fraction of sp³-hybridized carbons (Fsp3) is 0.190. The molecule has 1 aliphatic heterocycles. The van der Waals surface area contributed by atoms with Crippen molar-refractivity contribution in [3.8, 4) is 16.9 Å². The highest BCUT2D eigenvalue weighted by Crippen LogP contribution is 2.35. The number of aromatic nitrogens is 2. The molecule has 0 fully saturated rings. The molecule has 1 aromatic heterocycles. The topological polar surface area (TPSA) is 85.2 Å². The summed E-state index contributed by atoms with van der Waals surface area (Å²) >= 11 is 1.60. The van der Waals surface area contributed by atoms with Crippen molar-refractivity contribution in [1.29, 1.82) is 0 Å². The van der Waals surface area contributed by atoms with Gasteiger partial charge >= 0.3 is 0 Å². The smallest absolute Gasteiger partial charge is 0.249 e. The average Bonchev–Trinajstić information content (AvgIpc) is 3.17. The lowest BCUT2D eigenvalue weighted by Crippen LogP contribution is -2.35. The molecular weight excluding hydrogens is 388 g/mol. The molecule has 0 saturated carbocycles. The molecule has 29 heavy (non-hydrogen) atoms. The molecule has 0 radical (unpaired) electrons. The molecule has 2 N–H and O–H groups in total. The number of ether oxygens (including phenoxy) is 1. The van der Waals surface area contributed by atoms with Crippen LogP contribution in [0.15, 0.2) is 59.6 Å². The van der Waals surface area contributed by atoms with Gasteiger partial charge in [-0.1, -0.05) is 18.2 Å². The number of nitrogens with one attached hydrogen (secondary N) is 2. The van der Waals surface area contributed by atoms with Gasteiger partial charge in [-0.25, -0.2) is 4.68 Å². The minimum absolute atomic E-state index is 0.0325. The fourth-order valence-corrected chi connectivity index (χ4v) is 3.74. The Bertz CT molecular complexity index is 1060. The Balaban J connectivity index is 1.63. The third-order valence-electron chi connectivity index (χ3n) is 4.77. The molecule has 8 heteroatoms. The van der Waals surface area contributed by atoms with E-state index in [0.29, 0.717) is 11.5 Å². The molecule has 4 rings (SSSR count). The molecule has 0 saturated heterocycles. The maximum atomic E-state index is 12.9. The van der Waals surface area contributed by atoms with E-state index in [4.69, 9.17) is 4.74 Å². The van der Waals surface area contributed by atoms with E-state index >= 15 is 0 Å². The Hall–Kier alpha value is -3.26. The van der Waals surface area contributed by atoms with Gasteiger partial charge in [-0.3, -0.25) is 9.59 Å². The van der Waals surface area contributed by atoms with Crippen LogP contribution in [-0.2, 0) is 9.59 Å². The zero-order valence-corrected chi connectivity index (χ0v) is 16.8. The van der Waals surface area contributed by atoms with Crippen molar-refractivity contribution in [3.05, 3.63) is 54.7 Å². The van der Waals surface area contributed by atoms with Crippen LogP contribution in [-0.4, -0.2) is 35.0 Å². The number of carbonyl (C=O) groups excluding carboxylic acids is 2.